The molecule has 0 bridgehead atoms. The van der Waals surface area contributed by atoms with Crippen LogP contribution in [0.4, 0.5) is 5.69 Å². The minimum atomic E-state index is -0.132. The zero-order valence-corrected chi connectivity index (χ0v) is 11.3. The van der Waals surface area contributed by atoms with Gasteiger partial charge in [-0.3, -0.25) is 4.79 Å². The zero-order chi connectivity index (χ0) is 13.8. The molecule has 2 atom stereocenters. The second-order valence-corrected chi connectivity index (χ2v) is 4.77. The summed E-state index contributed by atoms with van der Waals surface area (Å²) in [5.74, 6) is 0.566. The van der Waals surface area contributed by atoms with E-state index in [1.807, 2.05) is 32.0 Å². The summed E-state index contributed by atoms with van der Waals surface area (Å²) in [5.41, 5.74) is 1.76. The smallest absolute Gasteiger partial charge is 0.262 e. The first kappa shape index (κ1) is 13.8. The van der Waals surface area contributed by atoms with Gasteiger partial charge in [0, 0.05) is 12.1 Å². The predicted molar refractivity (Wildman–Crippen MR) is 73.3 cm³/mol. The molecule has 1 aliphatic rings. The third-order valence-corrected chi connectivity index (χ3v) is 3.34. The predicted octanol–water partition coefficient (Wildman–Crippen LogP) is 1.44. The number of fused-ring (bicyclic) bond motifs is 1. The van der Waals surface area contributed by atoms with Crippen LogP contribution in [0.2, 0.25) is 0 Å². The molecule has 1 unspecified atom stereocenters. The minimum Gasteiger partial charge on any atom is -0.482 e. The third kappa shape index (κ3) is 3.24. The number of carbonyl (C=O) groups is 1. The lowest BCUT2D eigenvalue weighted by Crippen LogP contribution is -2.34. The molecule has 1 aliphatic heterocycles. The number of hydrogen-bond donors (Lipinski definition) is 3. The van der Waals surface area contributed by atoms with Crippen LogP contribution in [0.5, 0.6) is 5.75 Å². The van der Waals surface area contributed by atoms with E-state index in [-0.39, 0.29) is 31.2 Å². The molecule has 0 radical (unpaired) electrons. The highest BCUT2D eigenvalue weighted by Crippen LogP contribution is 2.30. The van der Waals surface area contributed by atoms with Gasteiger partial charge in [0.05, 0.1) is 12.3 Å². The normalized spacial score (nSPS) is 17.1. The Balaban J connectivity index is 2.12. The number of ether oxygens (including phenoxy) is 1. The van der Waals surface area contributed by atoms with E-state index >= 15 is 0 Å². The Kier molecular flexibility index (Phi) is 4.39. The Hall–Kier alpha value is -1.59. The van der Waals surface area contributed by atoms with Gasteiger partial charge >= 0.3 is 0 Å². The first-order valence-corrected chi connectivity index (χ1v) is 6.57. The summed E-state index contributed by atoms with van der Waals surface area (Å²) >= 11 is 0. The average molecular weight is 264 g/mol. The Morgan fingerprint density at radius 2 is 2.32 bits per heavy atom. The van der Waals surface area contributed by atoms with Gasteiger partial charge in [-0.1, -0.05) is 13.0 Å². The molecular weight excluding hydrogens is 244 g/mol. The fraction of sp³-hybridized carbons (Fsp3) is 0.500. The Morgan fingerprint density at radius 3 is 3.00 bits per heavy atom. The van der Waals surface area contributed by atoms with Crippen LogP contribution < -0.4 is 15.4 Å². The highest BCUT2D eigenvalue weighted by atomic mass is 16.5. The number of rotatable bonds is 5. The van der Waals surface area contributed by atoms with E-state index in [1.165, 1.54) is 0 Å². The second-order valence-electron chi connectivity index (χ2n) is 4.77. The van der Waals surface area contributed by atoms with Gasteiger partial charge in [0.2, 0.25) is 0 Å². The molecule has 0 saturated carbocycles. The summed E-state index contributed by atoms with van der Waals surface area (Å²) in [6.07, 6.45) is 0.867. The van der Waals surface area contributed by atoms with Crippen molar-refractivity contribution in [3.63, 3.8) is 0 Å². The lowest BCUT2D eigenvalue weighted by atomic mass is 10.0. The van der Waals surface area contributed by atoms with Gasteiger partial charge in [-0.15, -0.1) is 0 Å². The summed E-state index contributed by atoms with van der Waals surface area (Å²) in [7, 11) is 0. The number of nitrogens with one attached hydrogen (secondary N) is 2. The summed E-state index contributed by atoms with van der Waals surface area (Å²) in [6.45, 7) is 4.25. The fourth-order valence-electron chi connectivity index (χ4n) is 2.12. The van der Waals surface area contributed by atoms with E-state index in [9.17, 15) is 9.90 Å². The molecule has 1 aromatic carbocycles. The van der Waals surface area contributed by atoms with Gasteiger partial charge < -0.3 is 20.5 Å². The number of hydrogen-bond acceptors (Lipinski definition) is 4. The molecule has 19 heavy (non-hydrogen) atoms. The van der Waals surface area contributed by atoms with Crippen molar-refractivity contribution in [3.8, 4) is 5.75 Å². The van der Waals surface area contributed by atoms with Crippen molar-refractivity contribution < 1.29 is 14.6 Å². The van der Waals surface area contributed by atoms with E-state index in [0.29, 0.717) is 11.4 Å². The molecular formula is C14H20N2O3. The van der Waals surface area contributed by atoms with Crippen LogP contribution >= 0.6 is 0 Å². The van der Waals surface area contributed by atoms with Crippen LogP contribution in [0.3, 0.4) is 0 Å². The molecule has 3 N–H and O–H groups in total. The summed E-state index contributed by atoms with van der Waals surface area (Å²) < 4.78 is 5.32. The van der Waals surface area contributed by atoms with Crippen molar-refractivity contribution in [1.82, 2.24) is 5.32 Å². The Bertz CT molecular complexity index is 458. The van der Waals surface area contributed by atoms with Crippen molar-refractivity contribution >= 4 is 11.6 Å². The van der Waals surface area contributed by atoms with Gasteiger partial charge in [-0.2, -0.15) is 0 Å². The topological polar surface area (TPSA) is 70.6 Å². The largest absolute Gasteiger partial charge is 0.482 e. The summed E-state index contributed by atoms with van der Waals surface area (Å²) in [5, 5.41) is 15.4. The van der Waals surface area contributed by atoms with Gasteiger partial charge in [-0.25, -0.2) is 0 Å². The van der Waals surface area contributed by atoms with Gasteiger partial charge in [-0.05, 0) is 31.0 Å². The number of amides is 1. The molecule has 1 aromatic rings. The molecule has 104 valence electrons. The van der Waals surface area contributed by atoms with Gasteiger partial charge in [0.1, 0.15) is 5.75 Å². The van der Waals surface area contributed by atoms with E-state index in [4.69, 9.17) is 4.74 Å². The maximum atomic E-state index is 11.3. The van der Waals surface area contributed by atoms with Crippen molar-refractivity contribution in [1.29, 1.82) is 0 Å². The lowest BCUT2D eigenvalue weighted by molar-refractivity contribution is -0.118. The molecule has 2 rings (SSSR count). The maximum absolute atomic E-state index is 11.3. The van der Waals surface area contributed by atoms with Crippen LogP contribution in [-0.4, -0.2) is 30.3 Å². The first-order chi connectivity index (χ1) is 9.13. The van der Waals surface area contributed by atoms with Crippen molar-refractivity contribution in [2.75, 3.05) is 18.5 Å². The number of carbonyl (C=O) groups excluding carboxylic acids is 1. The van der Waals surface area contributed by atoms with E-state index in [0.717, 1.165) is 12.0 Å². The first-order valence-electron chi connectivity index (χ1n) is 6.57. The fourth-order valence-corrected chi connectivity index (χ4v) is 2.12. The minimum absolute atomic E-state index is 0.0720. The Morgan fingerprint density at radius 1 is 1.53 bits per heavy atom. The number of aliphatic hydroxyl groups excluding tert-OH is 1. The van der Waals surface area contributed by atoms with Crippen molar-refractivity contribution in [2.24, 2.45) is 0 Å². The molecule has 0 fully saturated rings. The van der Waals surface area contributed by atoms with Crippen LogP contribution in [-0.2, 0) is 4.79 Å². The monoisotopic (exact) mass is 264 g/mol. The molecule has 5 nitrogen and oxygen atoms in total. The standard InChI is InChI=1S/C14H20N2O3/c1-3-11(7-17)15-9(2)10-4-5-13-12(6-10)16-14(18)8-19-13/h4-6,9,11,15,17H,3,7-8H2,1-2H3,(H,16,18)/t9?,11-/m1/s1. The molecule has 1 heterocycles. The van der Waals surface area contributed by atoms with Crippen molar-refractivity contribution in [3.05, 3.63) is 23.8 Å². The highest BCUT2D eigenvalue weighted by Gasteiger charge is 2.18. The van der Waals surface area contributed by atoms with Crippen LogP contribution in [0, 0.1) is 0 Å². The van der Waals surface area contributed by atoms with Crippen LogP contribution in [0.15, 0.2) is 18.2 Å². The average Bonchev–Trinajstić information content (AvgIpc) is 2.43. The summed E-state index contributed by atoms with van der Waals surface area (Å²) in [4.78, 5) is 11.3. The summed E-state index contributed by atoms with van der Waals surface area (Å²) in [6, 6.07) is 5.92. The zero-order valence-electron chi connectivity index (χ0n) is 11.3. The number of benzene rings is 1. The number of anilines is 1. The van der Waals surface area contributed by atoms with E-state index < -0.39 is 0 Å². The lowest BCUT2D eigenvalue weighted by Gasteiger charge is -2.23. The molecule has 0 saturated heterocycles. The molecule has 5 heteroatoms. The van der Waals surface area contributed by atoms with E-state index in [1.54, 1.807) is 0 Å². The maximum Gasteiger partial charge on any atom is 0.262 e. The van der Waals surface area contributed by atoms with Crippen LogP contribution in [0.1, 0.15) is 31.9 Å². The van der Waals surface area contributed by atoms with Gasteiger partial charge in [0.15, 0.2) is 6.61 Å². The SMILES string of the molecule is CC[C@H](CO)NC(C)c1ccc2c(c1)NC(=O)CO2. The van der Waals surface area contributed by atoms with Crippen LogP contribution in [0.25, 0.3) is 0 Å². The third-order valence-electron chi connectivity index (χ3n) is 3.34. The highest BCUT2D eigenvalue weighted by molar-refractivity contribution is 5.95. The molecule has 1 amide bonds. The quantitative estimate of drug-likeness (QED) is 0.752. The Labute approximate surface area is 113 Å². The van der Waals surface area contributed by atoms with Crippen molar-refractivity contribution in [2.45, 2.75) is 32.4 Å². The van der Waals surface area contributed by atoms with E-state index in [2.05, 4.69) is 10.6 Å². The number of aliphatic hydroxyl groups is 1. The second kappa shape index (κ2) is 6.04. The molecule has 0 aliphatic carbocycles. The molecule has 0 spiro atoms. The van der Waals surface area contributed by atoms with Gasteiger partial charge in [0.25, 0.3) is 5.91 Å². The molecule has 0 aromatic heterocycles.